The van der Waals surface area contributed by atoms with E-state index in [9.17, 15) is 9.59 Å². The minimum atomic E-state index is -0.361. The number of furan rings is 1. The quantitative estimate of drug-likeness (QED) is 0.323. The highest BCUT2D eigenvalue weighted by molar-refractivity contribution is 7.17. The Balaban J connectivity index is 1.55. The fourth-order valence-electron chi connectivity index (χ4n) is 4.41. The molecular formula is C27H26N2O4S. The summed E-state index contributed by atoms with van der Waals surface area (Å²) >= 11 is 1.49. The lowest BCUT2D eigenvalue weighted by molar-refractivity contribution is 0.0505. The van der Waals surface area contributed by atoms with Gasteiger partial charge < -0.3 is 14.5 Å². The first-order valence-electron chi connectivity index (χ1n) is 11.6. The van der Waals surface area contributed by atoms with Crippen LogP contribution in [0.3, 0.4) is 0 Å². The number of thiophene rings is 1. The van der Waals surface area contributed by atoms with Crippen molar-refractivity contribution in [2.24, 2.45) is 5.92 Å². The van der Waals surface area contributed by atoms with Crippen molar-refractivity contribution in [2.45, 2.75) is 39.5 Å². The molecule has 0 spiro atoms. The van der Waals surface area contributed by atoms with Crippen molar-refractivity contribution in [3.8, 4) is 11.5 Å². The highest BCUT2D eigenvalue weighted by Gasteiger charge is 2.29. The molecule has 1 N–H and O–H groups in total. The van der Waals surface area contributed by atoms with Gasteiger partial charge in [0.15, 0.2) is 5.76 Å². The number of nitrogens with zero attached hydrogens (tertiary/aromatic N) is 1. The van der Waals surface area contributed by atoms with Crippen LogP contribution in [0.2, 0.25) is 0 Å². The second kappa shape index (κ2) is 9.43. The van der Waals surface area contributed by atoms with Gasteiger partial charge in [-0.1, -0.05) is 32.0 Å². The van der Waals surface area contributed by atoms with Crippen molar-refractivity contribution in [1.82, 2.24) is 4.98 Å². The van der Waals surface area contributed by atoms with Crippen molar-refractivity contribution in [3.63, 3.8) is 0 Å². The van der Waals surface area contributed by atoms with Crippen LogP contribution in [0.15, 0.2) is 53.1 Å². The van der Waals surface area contributed by atoms with Gasteiger partial charge in [0.1, 0.15) is 10.7 Å². The molecule has 1 aliphatic rings. The summed E-state index contributed by atoms with van der Waals surface area (Å²) in [5.74, 6) is 0.487. The molecule has 34 heavy (non-hydrogen) atoms. The third kappa shape index (κ3) is 4.23. The average molecular weight is 475 g/mol. The Labute approximate surface area is 202 Å². The van der Waals surface area contributed by atoms with Gasteiger partial charge in [0, 0.05) is 10.3 Å². The van der Waals surface area contributed by atoms with Crippen LogP contribution in [0.25, 0.3) is 22.4 Å². The maximum Gasteiger partial charge on any atom is 0.341 e. The van der Waals surface area contributed by atoms with Gasteiger partial charge in [0.05, 0.1) is 29.5 Å². The SMILES string of the molecule is CCCOC(=O)c1c(NC(=O)c2cc(-c3ccco3)nc3ccccc23)sc2c1CC[C@@H](C)C2. The molecule has 6 nitrogen and oxygen atoms in total. The number of hydrogen-bond acceptors (Lipinski definition) is 6. The van der Waals surface area contributed by atoms with Crippen LogP contribution in [0.1, 0.15) is 57.8 Å². The minimum Gasteiger partial charge on any atom is -0.463 e. The molecule has 0 saturated heterocycles. The van der Waals surface area contributed by atoms with Crippen LogP contribution < -0.4 is 5.32 Å². The Kier molecular flexibility index (Phi) is 6.20. The number of anilines is 1. The monoisotopic (exact) mass is 474 g/mol. The standard InChI is InChI=1S/C27H26N2O4S/c1-3-12-33-27(31)24-18-11-10-16(2)14-23(18)34-26(24)29-25(30)19-15-21(22-9-6-13-32-22)28-20-8-5-4-7-17(19)20/h4-9,13,15-16H,3,10-12,14H2,1-2H3,(H,29,30)/t16-/m1/s1. The van der Waals surface area contributed by atoms with Crippen molar-refractivity contribution >= 4 is 39.1 Å². The van der Waals surface area contributed by atoms with E-state index in [1.165, 1.54) is 11.3 Å². The van der Waals surface area contributed by atoms with Crippen LogP contribution in [-0.2, 0) is 17.6 Å². The molecule has 0 aliphatic heterocycles. The summed E-state index contributed by atoms with van der Waals surface area (Å²) in [7, 11) is 0. The van der Waals surface area contributed by atoms with Crippen molar-refractivity contribution in [2.75, 3.05) is 11.9 Å². The molecule has 0 bridgehead atoms. The lowest BCUT2D eigenvalue weighted by Gasteiger charge is -2.18. The summed E-state index contributed by atoms with van der Waals surface area (Å²) in [6.07, 6.45) is 5.07. The van der Waals surface area contributed by atoms with Crippen LogP contribution >= 0.6 is 11.3 Å². The van der Waals surface area contributed by atoms with E-state index in [1.54, 1.807) is 18.4 Å². The molecule has 174 valence electrons. The zero-order valence-electron chi connectivity index (χ0n) is 19.2. The molecule has 0 saturated carbocycles. The molecule has 1 aliphatic carbocycles. The van der Waals surface area contributed by atoms with E-state index in [4.69, 9.17) is 9.15 Å². The Hall–Kier alpha value is -3.45. The Morgan fingerprint density at radius 3 is 2.88 bits per heavy atom. The van der Waals surface area contributed by atoms with Gasteiger partial charge in [-0.15, -0.1) is 11.3 Å². The molecular weight excluding hydrogens is 448 g/mol. The number of benzene rings is 1. The van der Waals surface area contributed by atoms with Crippen molar-refractivity contribution in [1.29, 1.82) is 0 Å². The third-order valence-corrected chi connectivity index (χ3v) is 7.28. The molecule has 1 atom stereocenters. The fourth-order valence-corrected chi connectivity index (χ4v) is 5.80. The van der Waals surface area contributed by atoms with Crippen LogP contribution in [0.5, 0.6) is 0 Å². The smallest absolute Gasteiger partial charge is 0.341 e. The van der Waals surface area contributed by atoms with E-state index in [0.29, 0.717) is 45.6 Å². The minimum absolute atomic E-state index is 0.289. The summed E-state index contributed by atoms with van der Waals surface area (Å²) in [5, 5.41) is 4.34. The lowest BCUT2D eigenvalue weighted by Crippen LogP contribution is -2.17. The number of para-hydroxylation sites is 1. The van der Waals surface area contributed by atoms with E-state index in [0.717, 1.165) is 41.5 Å². The largest absolute Gasteiger partial charge is 0.463 e. The first-order chi connectivity index (χ1) is 16.5. The number of aromatic nitrogens is 1. The van der Waals surface area contributed by atoms with Crippen molar-refractivity contribution in [3.05, 3.63) is 70.3 Å². The van der Waals surface area contributed by atoms with Crippen LogP contribution in [0, 0.1) is 5.92 Å². The van der Waals surface area contributed by atoms with Gasteiger partial charge in [-0.3, -0.25) is 4.79 Å². The Morgan fingerprint density at radius 1 is 1.24 bits per heavy atom. The molecule has 4 aromatic rings. The van der Waals surface area contributed by atoms with Gasteiger partial charge in [-0.25, -0.2) is 9.78 Å². The molecule has 1 amide bonds. The summed E-state index contributed by atoms with van der Waals surface area (Å²) in [6, 6.07) is 12.9. The molecule has 0 unspecified atom stereocenters. The maximum atomic E-state index is 13.6. The first kappa shape index (κ1) is 22.3. The van der Waals surface area contributed by atoms with E-state index in [-0.39, 0.29) is 11.9 Å². The zero-order chi connectivity index (χ0) is 23.7. The number of esters is 1. The predicted octanol–water partition coefficient (Wildman–Crippen LogP) is 6.50. The number of amides is 1. The maximum absolute atomic E-state index is 13.6. The van der Waals surface area contributed by atoms with Crippen molar-refractivity contribution < 1.29 is 18.7 Å². The van der Waals surface area contributed by atoms with Crippen LogP contribution in [0.4, 0.5) is 5.00 Å². The zero-order valence-corrected chi connectivity index (χ0v) is 20.0. The number of fused-ring (bicyclic) bond motifs is 2. The number of nitrogens with one attached hydrogen (secondary N) is 1. The van der Waals surface area contributed by atoms with Gasteiger partial charge >= 0.3 is 5.97 Å². The molecule has 1 aromatic carbocycles. The van der Waals surface area contributed by atoms with Crippen LogP contribution in [-0.4, -0.2) is 23.5 Å². The summed E-state index contributed by atoms with van der Waals surface area (Å²) in [6.45, 7) is 4.54. The van der Waals surface area contributed by atoms with Gasteiger partial charge in [-0.05, 0) is 61.4 Å². The van der Waals surface area contributed by atoms with E-state index in [1.807, 2.05) is 37.3 Å². The fraction of sp³-hybridized carbons (Fsp3) is 0.296. The number of pyridine rings is 1. The Morgan fingerprint density at radius 2 is 2.09 bits per heavy atom. The molecule has 3 heterocycles. The molecule has 5 rings (SSSR count). The molecule has 7 heteroatoms. The van der Waals surface area contributed by atoms with Gasteiger partial charge in [0.2, 0.25) is 0 Å². The predicted molar refractivity (Wildman–Crippen MR) is 133 cm³/mol. The number of carbonyl (C=O) groups excluding carboxylic acids is 2. The topological polar surface area (TPSA) is 81.4 Å². The Bertz CT molecular complexity index is 1360. The van der Waals surface area contributed by atoms with Gasteiger partial charge in [-0.2, -0.15) is 0 Å². The number of ether oxygens (including phenoxy) is 1. The molecule has 0 fully saturated rings. The highest BCUT2D eigenvalue weighted by Crippen LogP contribution is 2.40. The number of hydrogen-bond donors (Lipinski definition) is 1. The highest BCUT2D eigenvalue weighted by atomic mass is 32.1. The van der Waals surface area contributed by atoms with E-state index >= 15 is 0 Å². The molecule has 3 aromatic heterocycles. The summed E-state index contributed by atoms with van der Waals surface area (Å²) < 4.78 is 11.0. The van der Waals surface area contributed by atoms with E-state index < -0.39 is 0 Å². The third-order valence-electron chi connectivity index (χ3n) is 6.11. The number of carbonyl (C=O) groups is 2. The van der Waals surface area contributed by atoms with E-state index in [2.05, 4.69) is 17.2 Å². The first-order valence-corrected chi connectivity index (χ1v) is 12.4. The summed E-state index contributed by atoms with van der Waals surface area (Å²) in [5.41, 5.74) is 3.29. The lowest BCUT2D eigenvalue weighted by atomic mass is 9.88. The second-order valence-electron chi connectivity index (χ2n) is 8.70. The average Bonchev–Trinajstić information content (AvgIpc) is 3.49. The second-order valence-corrected chi connectivity index (χ2v) is 9.80. The number of rotatable bonds is 6. The normalized spacial score (nSPS) is 15.2. The van der Waals surface area contributed by atoms with Gasteiger partial charge in [0.25, 0.3) is 5.91 Å². The molecule has 0 radical (unpaired) electrons. The summed E-state index contributed by atoms with van der Waals surface area (Å²) in [4.78, 5) is 32.4.